The molecule has 6 nitrogen and oxygen atoms in total. The number of nitriles is 1. The van der Waals surface area contributed by atoms with Crippen molar-refractivity contribution in [2.75, 3.05) is 11.5 Å². The second kappa shape index (κ2) is 5.50. The standard InChI is InChI=1S/C16H12N6/c17-8-13-14(21-16(19)22-15(13)18)11-4-1-3-10(7-11)12-5-2-6-20-9-12/h1-7,9H,(H4,18,19,21,22). The van der Waals surface area contributed by atoms with Crippen molar-refractivity contribution in [3.05, 3.63) is 54.4 Å². The van der Waals surface area contributed by atoms with Crippen LogP contribution in [-0.2, 0) is 0 Å². The van der Waals surface area contributed by atoms with Gasteiger partial charge in [-0.3, -0.25) is 4.98 Å². The van der Waals surface area contributed by atoms with Gasteiger partial charge in [-0.05, 0) is 17.7 Å². The van der Waals surface area contributed by atoms with Crippen LogP contribution in [0.1, 0.15) is 5.56 Å². The van der Waals surface area contributed by atoms with E-state index in [1.54, 1.807) is 12.4 Å². The molecule has 0 bridgehead atoms. The molecule has 2 heterocycles. The van der Waals surface area contributed by atoms with Gasteiger partial charge in [-0.1, -0.05) is 24.3 Å². The summed E-state index contributed by atoms with van der Waals surface area (Å²) in [5.41, 5.74) is 14.7. The average Bonchev–Trinajstić information content (AvgIpc) is 2.55. The molecule has 4 N–H and O–H groups in total. The van der Waals surface area contributed by atoms with Crippen molar-refractivity contribution < 1.29 is 0 Å². The van der Waals surface area contributed by atoms with Gasteiger partial charge in [-0.25, -0.2) is 4.98 Å². The maximum Gasteiger partial charge on any atom is 0.222 e. The fourth-order valence-electron chi connectivity index (χ4n) is 2.19. The van der Waals surface area contributed by atoms with Crippen LogP contribution in [0.25, 0.3) is 22.4 Å². The fraction of sp³-hybridized carbons (Fsp3) is 0. The van der Waals surface area contributed by atoms with Crippen LogP contribution >= 0.6 is 0 Å². The minimum absolute atomic E-state index is 0.0401. The van der Waals surface area contributed by atoms with Gasteiger partial charge < -0.3 is 11.5 Å². The van der Waals surface area contributed by atoms with Crippen molar-refractivity contribution in [2.45, 2.75) is 0 Å². The van der Waals surface area contributed by atoms with Crippen LogP contribution in [-0.4, -0.2) is 15.0 Å². The summed E-state index contributed by atoms with van der Waals surface area (Å²) >= 11 is 0. The van der Waals surface area contributed by atoms with Gasteiger partial charge in [-0.2, -0.15) is 10.2 Å². The molecule has 106 valence electrons. The number of anilines is 2. The third kappa shape index (κ3) is 2.43. The van der Waals surface area contributed by atoms with E-state index in [1.807, 2.05) is 42.5 Å². The van der Waals surface area contributed by atoms with Crippen molar-refractivity contribution in [3.8, 4) is 28.5 Å². The smallest absolute Gasteiger partial charge is 0.222 e. The fourth-order valence-corrected chi connectivity index (χ4v) is 2.19. The zero-order chi connectivity index (χ0) is 15.5. The first-order valence-electron chi connectivity index (χ1n) is 6.53. The van der Waals surface area contributed by atoms with E-state index in [2.05, 4.69) is 15.0 Å². The van der Waals surface area contributed by atoms with Gasteiger partial charge in [0.05, 0.1) is 5.69 Å². The third-order valence-corrected chi connectivity index (χ3v) is 3.20. The SMILES string of the molecule is N#Cc1c(N)nc(N)nc1-c1cccc(-c2cccnc2)c1. The van der Waals surface area contributed by atoms with Crippen molar-refractivity contribution in [1.82, 2.24) is 15.0 Å². The molecule has 0 saturated heterocycles. The van der Waals surface area contributed by atoms with Crippen LogP contribution in [0, 0.1) is 11.3 Å². The molecule has 3 rings (SSSR count). The first-order chi connectivity index (χ1) is 10.7. The van der Waals surface area contributed by atoms with Gasteiger partial charge in [0, 0.05) is 23.5 Å². The third-order valence-electron chi connectivity index (χ3n) is 3.20. The highest BCUT2D eigenvalue weighted by Crippen LogP contribution is 2.28. The number of aromatic nitrogens is 3. The average molecular weight is 288 g/mol. The lowest BCUT2D eigenvalue weighted by Gasteiger charge is -2.08. The molecule has 0 radical (unpaired) electrons. The summed E-state index contributed by atoms with van der Waals surface area (Å²) in [4.78, 5) is 12.1. The molecule has 0 aliphatic carbocycles. The zero-order valence-corrected chi connectivity index (χ0v) is 11.6. The minimum Gasteiger partial charge on any atom is -0.382 e. The van der Waals surface area contributed by atoms with E-state index in [4.69, 9.17) is 11.5 Å². The Hall–Kier alpha value is -3.46. The molecule has 3 aromatic rings. The maximum atomic E-state index is 9.28. The van der Waals surface area contributed by atoms with E-state index >= 15 is 0 Å². The van der Waals surface area contributed by atoms with Crippen LogP contribution in [0.15, 0.2) is 48.8 Å². The van der Waals surface area contributed by atoms with Crippen LogP contribution in [0.4, 0.5) is 11.8 Å². The second-order valence-electron chi connectivity index (χ2n) is 4.62. The lowest BCUT2D eigenvalue weighted by molar-refractivity contribution is 1.18. The number of hydrogen-bond donors (Lipinski definition) is 2. The highest BCUT2D eigenvalue weighted by molar-refractivity contribution is 5.77. The number of benzene rings is 1. The Morgan fingerprint density at radius 3 is 2.45 bits per heavy atom. The summed E-state index contributed by atoms with van der Waals surface area (Å²) in [5, 5.41) is 9.28. The molecule has 1 aromatic carbocycles. The monoisotopic (exact) mass is 288 g/mol. The van der Waals surface area contributed by atoms with Crippen LogP contribution in [0.5, 0.6) is 0 Å². The Balaban J connectivity index is 2.17. The van der Waals surface area contributed by atoms with E-state index < -0.39 is 0 Å². The largest absolute Gasteiger partial charge is 0.382 e. The van der Waals surface area contributed by atoms with Crippen LogP contribution in [0.3, 0.4) is 0 Å². The normalized spacial score (nSPS) is 10.1. The molecule has 0 atom stereocenters. The molecular formula is C16H12N6. The Morgan fingerprint density at radius 2 is 1.73 bits per heavy atom. The van der Waals surface area contributed by atoms with Crippen molar-refractivity contribution in [2.24, 2.45) is 0 Å². The van der Waals surface area contributed by atoms with Crippen LogP contribution in [0.2, 0.25) is 0 Å². The quantitative estimate of drug-likeness (QED) is 0.747. The molecule has 0 unspecified atom stereocenters. The Labute approximate surface area is 127 Å². The number of hydrogen-bond acceptors (Lipinski definition) is 6. The Morgan fingerprint density at radius 1 is 0.955 bits per heavy atom. The molecule has 6 heteroatoms. The number of pyridine rings is 1. The number of rotatable bonds is 2. The predicted molar refractivity (Wildman–Crippen MR) is 84.2 cm³/mol. The second-order valence-corrected chi connectivity index (χ2v) is 4.62. The van der Waals surface area contributed by atoms with Gasteiger partial charge in [0.2, 0.25) is 5.95 Å². The number of nitrogen functional groups attached to an aromatic ring is 2. The Bertz CT molecular complexity index is 868. The summed E-state index contributed by atoms with van der Waals surface area (Å²) in [6.07, 6.45) is 3.49. The number of nitrogens with zero attached hydrogens (tertiary/aromatic N) is 4. The van der Waals surface area contributed by atoms with E-state index in [0.29, 0.717) is 5.69 Å². The van der Waals surface area contributed by atoms with E-state index in [0.717, 1.165) is 16.7 Å². The van der Waals surface area contributed by atoms with Crippen LogP contribution < -0.4 is 11.5 Å². The van der Waals surface area contributed by atoms with Gasteiger partial charge in [0.15, 0.2) is 0 Å². The minimum atomic E-state index is 0.0401. The lowest BCUT2D eigenvalue weighted by atomic mass is 10.0. The molecule has 0 aliphatic heterocycles. The van der Waals surface area contributed by atoms with E-state index in [9.17, 15) is 5.26 Å². The summed E-state index contributed by atoms with van der Waals surface area (Å²) in [6, 6.07) is 13.5. The molecule has 0 amide bonds. The first-order valence-corrected chi connectivity index (χ1v) is 6.53. The molecule has 22 heavy (non-hydrogen) atoms. The summed E-state index contributed by atoms with van der Waals surface area (Å²) in [5.74, 6) is 0.120. The summed E-state index contributed by atoms with van der Waals surface area (Å²) in [7, 11) is 0. The Kier molecular flexibility index (Phi) is 3.38. The predicted octanol–water partition coefficient (Wildman–Crippen LogP) is 2.24. The molecule has 0 fully saturated rings. The maximum absolute atomic E-state index is 9.28. The first kappa shape index (κ1) is 13.5. The van der Waals surface area contributed by atoms with Gasteiger partial charge >= 0.3 is 0 Å². The van der Waals surface area contributed by atoms with Crippen molar-refractivity contribution in [3.63, 3.8) is 0 Å². The highest BCUT2D eigenvalue weighted by Gasteiger charge is 2.13. The molecule has 0 saturated carbocycles. The lowest BCUT2D eigenvalue weighted by Crippen LogP contribution is -2.04. The van der Waals surface area contributed by atoms with Gasteiger partial charge in [0.1, 0.15) is 17.5 Å². The van der Waals surface area contributed by atoms with Gasteiger partial charge in [-0.15, -0.1) is 0 Å². The van der Waals surface area contributed by atoms with Crippen molar-refractivity contribution >= 4 is 11.8 Å². The summed E-state index contributed by atoms with van der Waals surface area (Å²) < 4.78 is 0. The van der Waals surface area contributed by atoms with E-state index in [-0.39, 0.29) is 17.3 Å². The summed E-state index contributed by atoms with van der Waals surface area (Å²) in [6.45, 7) is 0. The van der Waals surface area contributed by atoms with Crippen molar-refractivity contribution in [1.29, 1.82) is 5.26 Å². The highest BCUT2D eigenvalue weighted by atomic mass is 15.0. The molecule has 0 aliphatic rings. The van der Waals surface area contributed by atoms with Gasteiger partial charge in [0.25, 0.3) is 0 Å². The van der Waals surface area contributed by atoms with E-state index in [1.165, 1.54) is 0 Å². The topological polar surface area (TPSA) is 114 Å². The molecular weight excluding hydrogens is 276 g/mol. The number of nitrogens with two attached hydrogens (primary N) is 2. The molecule has 2 aromatic heterocycles. The zero-order valence-electron chi connectivity index (χ0n) is 11.6. The molecule has 0 spiro atoms.